The highest BCUT2D eigenvalue weighted by molar-refractivity contribution is 5.84. The minimum absolute atomic E-state index is 0.0595. The largest absolute Gasteiger partial charge is 0.422 e. The van der Waals surface area contributed by atoms with Gasteiger partial charge >= 0.3 is 5.63 Å². The molecule has 0 spiro atoms. The van der Waals surface area contributed by atoms with Crippen molar-refractivity contribution in [2.75, 3.05) is 0 Å². The molecule has 0 bridgehead atoms. The summed E-state index contributed by atoms with van der Waals surface area (Å²) in [4.78, 5) is 11.8. The highest BCUT2D eigenvalue weighted by atomic mass is 19.1. The van der Waals surface area contributed by atoms with E-state index >= 15 is 0 Å². The van der Waals surface area contributed by atoms with E-state index in [1.807, 2.05) is 0 Å². The third-order valence-electron chi connectivity index (χ3n) is 2.87. The van der Waals surface area contributed by atoms with Gasteiger partial charge in [0, 0.05) is 6.07 Å². The van der Waals surface area contributed by atoms with Gasteiger partial charge < -0.3 is 4.42 Å². The molecule has 0 aliphatic rings. The molecule has 0 saturated heterocycles. The molecule has 0 radical (unpaired) electrons. The fourth-order valence-electron chi connectivity index (χ4n) is 1.96. The van der Waals surface area contributed by atoms with Crippen molar-refractivity contribution in [2.24, 2.45) is 0 Å². The summed E-state index contributed by atoms with van der Waals surface area (Å²) in [6.07, 6.45) is 0. The van der Waals surface area contributed by atoms with E-state index in [0.29, 0.717) is 10.8 Å². The Hall–Kier alpha value is -2.49. The average Bonchev–Trinajstić information content (AvgIpc) is 2.38. The molecule has 0 amide bonds. The van der Waals surface area contributed by atoms with E-state index in [0.717, 1.165) is 12.1 Å². The van der Waals surface area contributed by atoms with Gasteiger partial charge in [0.25, 0.3) is 0 Å². The van der Waals surface area contributed by atoms with E-state index in [2.05, 4.69) is 0 Å². The molecule has 0 N–H and O–H groups in total. The van der Waals surface area contributed by atoms with Gasteiger partial charge in [0.15, 0.2) is 0 Å². The molecular weight excluding hydrogens is 250 g/mol. The Morgan fingerprint density at radius 3 is 2.53 bits per heavy atom. The van der Waals surface area contributed by atoms with Gasteiger partial charge in [-0.2, -0.15) is 0 Å². The summed E-state index contributed by atoms with van der Waals surface area (Å²) in [5, 5.41) is 1.08. The topological polar surface area (TPSA) is 30.2 Å². The molecule has 3 rings (SSSR count). The fraction of sp³-hybridized carbons (Fsp3) is 0. The third-order valence-corrected chi connectivity index (χ3v) is 2.87. The van der Waals surface area contributed by atoms with Crippen molar-refractivity contribution in [3.63, 3.8) is 0 Å². The van der Waals surface area contributed by atoms with Crippen molar-refractivity contribution in [1.29, 1.82) is 0 Å². The zero-order chi connectivity index (χ0) is 13.4. The molecule has 1 heterocycles. The van der Waals surface area contributed by atoms with Crippen molar-refractivity contribution in [2.45, 2.75) is 0 Å². The summed E-state index contributed by atoms with van der Waals surface area (Å²) >= 11 is 0. The molecule has 2 nitrogen and oxygen atoms in total. The lowest BCUT2D eigenvalue weighted by atomic mass is 10.1. The van der Waals surface area contributed by atoms with Crippen molar-refractivity contribution in [3.05, 3.63) is 70.6 Å². The van der Waals surface area contributed by atoms with Crippen LogP contribution in [0, 0.1) is 11.6 Å². The standard InChI is InChI=1S/C15H8F2O2/c16-10-5-6-12(13(17)8-10)14-7-9-3-1-2-4-11(9)15(18)19-14/h1-8H. The van der Waals surface area contributed by atoms with E-state index in [-0.39, 0.29) is 11.3 Å². The average molecular weight is 258 g/mol. The number of halogens is 2. The second-order valence-electron chi connectivity index (χ2n) is 4.11. The number of rotatable bonds is 1. The van der Waals surface area contributed by atoms with Crippen LogP contribution in [0.2, 0.25) is 0 Å². The molecular formula is C15H8F2O2. The maximum atomic E-state index is 13.7. The predicted molar refractivity (Wildman–Crippen MR) is 67.8 cm³/mol. The molecule has 0 fully saturated rings. The van der Waals surface area contributed by atoms with Gasteiger partial charge in [-0.15, -0.1) is 0 Å². The van der Waals surface area contributed by atoms with Crippen LogP contribution in [0.15, 0.2) is 57.7 Å². The first-order valence-electron chi connectivity index (χ1n) is 5.63. The number of hydrogen-bond acceptors (Lipinski definition) is 2. The van der Waals surface area contributed by atoms with Crippen LogP contribution in [-0.2, 0) is 0 Å². The fourth-order valence-corrected chi connectivity index (χ4v) is 1.96. The van der Waals surface area contributed by atoms with E-state index in [1.54, 1.807) is 30.3 Å². The van der Waals surface area contributed by atoms with E-state index < -0.39 is 17.3 Å². The van der Waals surface area contributed by atoms with Gasteiger partial charge in [-0.3, -0.25) is 0 Å². The lowest BCUT2D eigenvalue weighted by Gasteiger charge is -2.03. The van der Waals surface area contributed by atoms with Crippen molar-refractivity contribution < 1.29 is 13.2 Å². The van der Waals surface area contributed by atoms with Crippen molar-refractivity contribution in [1.82, 2.24) is 0 Å². The SMILES string of the molecule is O=c1oc(-c2ccc(F)cc2F)cc2ccccc12. The van der Waals surface area contributed by atoms with E-state index in [4.69, 9.17) is 4.42 Å². The summed E-state index contributed by atoms with van der Waals surface area (Å²) < 4.78 is 31.6. The Labute approximate surface area is 106 Å². The summed E-state index contributed by atoms with van der Waals surface area (Å²) in [6, 6.07) is 11.5. The van der Waals surface area contributed by atoms with Crippen LogP contribution >= 0.6 is 0 Å². The molecule has 1 aromatic heterocycles. The normalized spacial score (nSPS) is 10.8. The number of hydrogen-bond donors (Lipinski definition) is 0. The molecule has 94 valence electrons. The van der Waals surface area contributed by atoms with Gasteiger partial charge in [-0.1, -0.05) is 18.2 Å². The van der Waals surface area contributed by atoms with Crippen LogP contribution in [0.3, 0.4) is 0 Å². The summed E-state index contributed by atoms with van der Waals surface area (Å²) in [6.45, 7) is 0. The molecule has 3 aromatic rings. The second kappa shape index (κ2) is 4.31. The number of fused-ring (bicyclic) bond motifs is 1. The smallest absolute Gasteiger partial charge is 0.344 e. The van der Waals surface area contributed by atoms with Gasteiger partial charge in [0.2, 0.25) is 0 Å². The van der Waals surface area contributed by atoms with Crippen LogP contribution in [0.1, 0.15) is 0 Å². The summed E-state index contributed by atoms with van der Waals surface area (Å²) in [5.41, 5.74) is -0.485. The summed E-state index contributed by atoms with van der Waals surface area (Å²) in [7, 11) is 0. The highest BCUT2D eigenvalue weighted by Crippen LogP contribution is 2.25. The Morgan fingerprint density at radius 1 is 0.947 bits per heavy atom. The van der Waals surface area contributed by atoms with Crippen molar-refractivity contribution >= 4 is 10.8 Å². The Bertz CT molecular complexity index is 822. The van der Waals surface area contributed by atoms with Gasteiger partial charge in [0.1, 0.15) is 17.4 Å². The molecule has 2 aromatic carbocycles. The zero-order valence-electron chi connectivity index (χ0n) is 9.69. The van der Waals surface area contributed by atoms with E-state index in [1.165, 1.54) is 6.07 Å². The van der Waals surface area contributed by atoms with E-state index in [9.17, 15) is 13.6 Å². The molecule has 0 aliphatic heterocycles. The highest BCUT2D eigenvalue weighted by Gasteiger charge is 2.11. The van der Waals surface area contributed by atoms with Gasteiger partial charge in [-0.05, 0) is 29.7 Å². The molecule has 4 heteroatoms. The van der Waals surface area contributed by atoms with Crippen LogP contribution in [0.5, 0.6) is 0 Å². The quantitative estimate of drug-likeness (QED) is 0.665. The molecule has 19 heavy (non-hydrogen) atoms. The molecule has 0 atom stereocenters. The lowest BCUT2D eigenvalue weighted by molar-refractivity contribution is 0.525. The zero-order valence-corrected chi connectivity index (χ0v) is 9.69. The van der Waals surface area contributed by atoms with Crippen molar-refractivity contribution in [3.8, 4) is 11.3 Å². The van der Waals surface area contributed by atoms with Crippen LogP contribution in [-0.4, -0.2) is 0 Å². The minimum Gasteiger partial charge on any atom is -0.422 e. The lowest BCUT2D eigenvalue weighted by Crippen LogP contribution is -2.00. The monoisotopic (exact) mass is 258 g/mol. The minimum atomic E-state index is -0.765. The predicted octanol–water partition coefficient (Wildman–Crippen LogP) is 3.74. The van der Waals surface area contributed by atoms with Crippen LogP contribution in [0.4, 0.5) is 8.78 Å². The molecule has 0 aliphatic carbocycles. The van der Waals surface area contributed by atoms with Gasteiger partial charge in [0.05, 0.1) is 10.9 Å². The maximum absolute atomic E-state index is 13.7. The first kappa shape index (κ1) is 11.6. The number of benzene rings is 2. The van der Waals surface area contributed by atoms with Crippen LogP contribution < -0.4 is 5.63 Å². The van der Waals surface area contributed by atoms with Crippen LogP contribution in [0.25, 0.3) is 22.1 Å². The second-order valence-corrected chi connectivity index (χ2v) is 4.11. The Morgan fingerprint density at radius 2 is 1.74 bits per heavy atom. The first-order chi connectivity index (χ1) is 9.15. The Balaban J connectivity index is 2.28. The molecule has 0 saturated carbocycles. The molecule has 0 unspecified atom stereocenters. The maximum Gasteiger partial charge on any atom is 0.344 e. The third kappa shape index (κ3) is 2.01. The summed E-state index contributed by atoms with van der Waals surface area (Å²) in [5.74, 6) is -1.36. The first-order valence-corrected chi connectivity index (χ1v) is 5.63. The Kier molecular flexibility index (Phi) is 2.63. The van der Waals surface area contributed by atoms with Gasteiger partial charge in [-0.25, -0.2) is 13.6 Å².